The van der Waals surface area contributed by atoms with Gasteiger partial charge in [0.1, 0.15) is 11.5 Å². The van der Waals surface area contributed by atoms with Crippen LogP contribution >= 0.6 is 11.6 Å². The molecule has 2 aromatic carbocycles. The van der Waals surface area contributed by atoms with Crippen molar-refractivity contribution in [1.29, 1.82) is 0 Å². The maximum absolute atomic E-state index is 13.4. The number of nitro groups is 1. The summed E-state index contributed by atoms with van der Waals surface area (Å²) in [5.41, 5.74) is -0.292. The summed E-state index contributed by atoms with van der Waals surface area (Å²) in [4.78, 5) is 13.8. The minimum atomic E-state index is -0.628. The van der Waals surface area contributed by atoms with Gasteiger partial charge in [0.2, 0.25) is 0 Å². The first-order valence-electron chi connectivity index (χ1n) is 5.42. The number of benzene rings is 2. The van der Waals surface area contributed by atoms with Crippen LogP contribution in [0.3, 0.4) is 0 Å². The zero-order valence-corrected chi connectivity index (χ0v) is 10.7. The van der Waals surface area contributed by atoms with Crippen molar-refractivity contribution in [3.8, 4) is 5.75 Å². The first kappa shape index (κ1) is 14.0. The Hall–Kier alpha value is -2.47. The van der Waals surface area contributed by atoms with Gasteiger partial charge in [-0.2, -0.15) is 0 Å². The average Bonchev–Trinajstić information content (AvgIpc) is 2.41. The van der Waals surface area contributed by atoms with Crippen molar-refractivity contribution in [3.05, 3.63) is 62.9 Å². The molecule has 0 aliphatic carbocycles. The van der Waals surface area contributed by atoms with Gasteiger partial charge in [0.25, 0.3) is 5.69 Å². The normalized spacial score (nSPS) is 10.9. The predicted octanol–water partition coefficient (Wildman–Crippen LogP) is 3.21. The topological polar surface area (TPSA) is 78.6 Å². The molecule has 0 heterocycles. The number of nitro benzene ring substituents is 1. The molecule has 0 unspecified atom stereocenters. The summed E-state index contributed by atoms with van der Waals surface area (Å²) in [6, 6.07) is 7.03. The van der Waals surface area contributed by atoms with Crippen LogP contribution in [0.1, 0.15) is 5.56 Å². The van der Waals surface area contributed by atoms with E-state index in [1.807, 2.05) is 0 Å². The Morgan fingerprint density at radius 3 is 2.70 bits per heavy atom. The average molecular weight is 294 g/mol. The highest BCUT2D eigenvalue weighted by Crippen LogP contribution is 2.24. The number of rotatable bonds is 3. The molecule has 0 saturated carbocycles. The van der Waals surface area contributed by atoms with E-state index in [9.17, 15) is 19.6 Å². The summed E-state index contributed by atoms with van der Waals surface area (Å²) >= 11 is 5.71. The molecule has 0 spiro atoms. The Kier molecular flexibility index (Phi) is 3.95. The monoisotopic (exact) mass is 293 g/mol. The van der Waals surface area contributed by atoms with Crippen LogP contribution in [0, 0.1) is 15.9 Å². The van der Waals surface area contributed by atoms with Crippen molar-refractivity contribution in [2.24, 2.45) is 4.99 Å². The lowest BCUT2D eigenvalue weighted by Crippen LogP contribution is -1.98. The van der Waals surface area contributed by atoms with Gasteiger partial charge in [-0.25, -0.2) is 4.39 Å². The molecule has 7 heteroatoms. The maximum atomic E-state index is 13.4. The molecule has 0 aromatic heterocycles. The van der Waals surface area contributed by atoms with E-state index in [2.05, 4.69) is 4.99 Å². The van der Waals surface area contributed by atoms with Crippen molar-refractivity contribution < 1.29 is 14.4 Å². The van der Waals surface area contributed by atoms with Crippen LogP contribution in [-0.4, -0.2) is 11.1 Å². The molecule has 102 valence electrons. The summed E-state index contributed by atoms with van der Waals surface area (Å²) < 4.78 is 13.4. The third kappa shape index (κ3) is 3.10. The molecular formula is C13H7ClFN2O3-. The lowest BCUT2D eigenvalue weighted by Gasteiger charge is -2.08. The van der Waals surface area contributed by atoms with Crippen LogP contribution in [-0.2, 0) is 0 Å². The molecule has 0 amide bonds. The molecule has 0 atom stereocenters. The molecule has 0 saturated heterocycles. The smallest absolute Gasteiger partial charge is 0.270 e. The third-order valence-electron chi connectivity index (χ3n) is 2.46. The summed E-state index contributed by atoms with van der Waals surface area (Å²) in [5, 5.41) is 22.4. The summed E-state index contributed by atoms with van der Waals surface area (Å²) in [5.74, 6) is -1.05. The Labute approximate surface area is 118 Å². The maximum Gasteiger partial charge on any atom is 0.270 e. The molecule has 20 heavy (non-hydrogen) atoms. The van der Waals surface area contributed by atoms with E-state index in [0.717, 1.165) is 30.5 Å². The van der Waals surface area contributed by atoms with Crippen LogP contribution in [0.25, 0.3) is 0 Å². The molecule has 0 fully saturated rings. The van der Waals surface area contributed by atoms with E-state index >= 15 is 0 Å². The summed E-state index contributed by atoms with van der Waals surface area (Å²) in [7, 11) is 0. The van der Waals surface area contributed by atoms with Gasteiger partial charge >= 0.3 is 0 Å². The van der Waals surface area contributed by atoms with Crippen molar-refractivity contribution >= 4 is 29.2 Å². The summed E-state index contributed by atoms with van der Waals surface area (Å²) in [6.07, 6.45) is 1.07. The zero-order valence-electron chi connectivity index (χ0n) is 9.92. The van der Waals surface area contributed by atoms with Gasteiger partial charge < -0.3 is 5.11 Å². The molecule has 0 aliphatic heterocycles. The number of non-ortho nitro benzene ring substituents is 1. The molecule has 5 nitrogen and oxygen atoms in total. The lowest BCUT2D eigenvalue weighted by atomic mass is 10.2. The third-order valence-corrected chi connectivity index (χ3v) is 2.69. The van der Waals surface area contributed by atoms with Gasteiger partial charge in [-0.1, -0.05) is 23.4 Å². The molecule has 0 bridgehead atoms. The second-order valence-electron chi connectivity index (χ2n) is 3.83. The molecule has 0 N–H and O–H groups in total. The van der Waals surface area contributed by atoms with Gasteiger partial charge in [0.05, 0.1) is 4.92 Å². The zero-order chi connectivity index (χ0) is 14.7. The van der Waals surface area contributed by atoms with E-state index in [1.165, 1.54) is 12.1 Å². The van der Waals surface area contributed by atoms with E-state index in [-0.39, 0.29) is 16.9 Å². The molecule has 2 aromatic rings. The Morgan fingerprint density at radius 2 is 2.00 bits per heavy atom. The number of aliphatic imine (C=N–C) groups is 1. The van der Waals surface area contributed by atoms with Crippen LogP contribution in [0.2, 0.25) is 5.02 Å². The van der Waals surface area contributed by atoms with Gasteiger partial charge in [-0.3, -0.25) is 15.1 Å². The van der Waals surface area contributed by atoms with Crippen LogP contribution in [0.15, 0.2) is 41.4 Å². The molecule has 2 rings (SSSR count). The fourth-order valence-electron chi connectivity index (χ4n) is 1.47. The molecule has 0 radical (unpaired) electrons. The minimum absolute atomic E-state index is 0.00132. The highest BCUT2D eigenvalue weighted by molar-refractivity contribution is 6.30. The van der Waals surface area contributed by atoms with Gasteiger partial charge in [-0.05, 0) is 23.8 Å². The Morgan fingerprint density at radius 1 is 1.25 bits per heavy atom. The minimum Gasteiger partial charge on any atom is -0.872 e. The second kappa shape index (κ2) is 5.66. The van der Waals surface area contributed by atoms with Crippen LogP contribution in [0.5, 0.6) is 5.75 Å². The largest absolute Gasteiger partial charge is 0.872 e. The Bertz CT molecular complexity index is 704. The van der Waals surface area contributed by atoms with E-state index in [4.69, 9.17) is 11.6 Å². The van der Waals surface area contributed by atoms with Crippen molar-refractivity contribution in [2.45, 2.75) is 0 Å². The van der Waals surface area contributed by atoms with Crippen LogP contribution in [0.4, 0.5) is 15.8 Å². The number of nitrogens with zero attached hydrogens (tertiary/aromatic N) is 2. The quantitative estimate of drug-likeness (QED) is 0.495. The number of hydrogen-bond acceptors (Lipinski definition) is 4. The van der Waals surface area contributed by atoms with Crippen LogP contribution < -0.4 is 5.11 Å². The second-order valence-corrected chi connectivity index (χ2v) is 4.27. The number of hydrogen-bond donors (Lipinski definition) is 0. The van der Waals surface area contributed by atoms with Crippen molar-refractivity contribution in [1.82, 2.24) is 0 Å². The van der Waals surface area contributed by atoms with E-state index in [0.29, 0.717) is 5.02 Å². The standard InChI is InChI=1S/C13H8ClFN2O3/c14-9-1-3-11(15)12(6-9)16-7-8-5-10(17(19)20)2-4-13(8)18/h1-7,18H/p-1. The number of halogens is 2. The fraction of sp³-hybridized carbons (Fsp3) is 0. The van der Waals surface area contributed by atoms with Crippen molar-refractivity contribution in [3.63, 3.8) is 0 Å². The van der Waals surface area contributed by atoms with E-state index in [1.54, 1.807) is 0 Å². The first-order chi connectivity index (χ1) is 9.47. The highest BCUT2D eigenvalue weighted by Gasteiger charge is 2.06. The van der Waals surface area contributed by atoms with Crippen molar-refractivity contribution in [2.75, 3.05) is 0 Å². The highest BCUT2D eigenvalue weighted by atomic mass is 35.5. The van der Waals surface area contributed by atoms with E-state index < -0.39 is 16.5 Å². The first-order valence-corrected chi connectivity index (χ1v) is 5.80. The summed E-state index contributed by atoms with van der Waals surface area (Å²) in [6.45, 7) is 0. The SMILES string of the molecule is O=[N+]([O-])c1ccc([O-])c(C=Nc2cc(Cl)ccc2F)c1. The molecule has 0 aliphatic rings. The van der Waals surface area contributed by atoms with Gasteiger partial charge in [0, 0.05) is 23.4 Å². The predicted molar refractivity (Wildman–Crippen MR) is 71.2 cm³/mol. The van der Waals surface area contributed by atoms with Gasteiger partial charge in [-0.15, -0.1) is 0 Å². The lowest BCUT2D eigenvalue weighted by molar-refractivity contribution is -0.385. The molecular weight excluding hydrogens is 287 g/mol. The Balaban J connectivity index is 2.38. The fourth-order valence-corrected chi connectivity index (χ4v) is 1.64. The van der Waals surface area contributed by atoms with Gasteiger partial charge in [0.15, 0.2) is 0 Å².